The summed E-state index contributed by atoms with van der Waals surface area (Å²) in [6.07, 6.45) is 45.8. The molecule has 0 amide bonds. The second-order valence-electron chi connectivity index (χ2n) is 20.6. The Morgan fingerprint density at radius 3 is 1.16 bits per heavy atom. The van der Waals surface area contributed by atoms with Crippen LogP contribution in [0.4, 0.5) is 0 Å². The predicted octanol–water partition coefficient (Wildman–Crippen LogP) is 14.4. The van der Waals surface area contributed by atoms with Gasteiger partial charge in [0, 0.05) is 13.0 Å². The van der Waals surface area contributed by atoms with E-state index in [4.69, 9.17) is 18.9 Å². The third-order valence-electron chi connectivity index (χ3n) is 14.0. The van der Waals surface area contributed by atoms with Gasteiger partial charge in [0.25, 0.3) is 0 Å². The minimum atomic E-state index is -5.06. The monoisotopic (exact) mass is 1010 g/mol. The molecule has 1 saturated heterocycles. The lowest BCUT2D eigenvalue weighted by atomic mass is 9.99. The van der Waals surface area contributed by atoms with Crippen LogP contribution < -0.4 is 0 Å². The fraction of sp³-hybridized carbons (Fsp3) is 0.982. The Kier molecular flexibility index (Phi) is 46.1. The molecule has 6 unspecified atom stereocenters. The number of esters is 1. The number of hydrogen-bond donors (Lipinski definition) is 4. The second kappa shape index (κ2) is 48.1. The summed E-state index contributed by atoms with van der Waals surface area (Å²) in [6, 6.07) is 0. The highest BCUT2D eigenvalue weighted by molar-refractivity contribution is 7.80. The maximum atomic E-state index is 13.0. The second-order valence-corrected chi connectivity index (χ2v) is 21.7. The van der Waals surface area contributed by atoms with E-state index in [9.17, 15) is 33.1 Å². The highest BCUT2D eigenvalue weighted by Gasteiger charge is 2.48. The van der Waals surface area contributed by atoms with E-state index < -0.39 is 53.8 Å². The smallest absolute Gasteiger partial charge is 0.397 e. The van der Waals surface area contributed by atoms with Crippen LogP contribution in [0.2, 0.25) is 0 Å². The van der Waals surface area contributed by atoms with Gasteiger partial charge in [0.05, 0.1) is 19.8 Å². The van der Waals surface area contributed by atoms with Crippen LogP contribution in [0.1, 0.15) is 290 Å². The van der Waals surface area contributed by atoms with E-state index >= 15 is 0 Å². The van der Waals surface area contributed by atoms with Crippen molar-refractivity contribution in [1.29, 1.82) is 0 Å². The molecule has 0 radical (unpaired) electrons. The van der Waals surface area contributed by atoms with Crippen molar-refractivity contribution in [1.82, 2.24) is 0 Å². The molecule has 1 fully saturated rings. The maximum Gasteiger partial charge on any atom is 0.397 e. The van der Waals surface area contributed by atoms with Crippen LogP contribution in [0.25, 0.3) is 0 Å². The topological polar surface area (TPSA) is 178 Å². The molecule has 69 heavy (non-hydrogen) atoms. The highest BCUT2D eigenvalue weighted by atomic mass is 32.3. The summed E-state index contributed by atoms with van der Waals surface area (Å²) in [5, 5.41) is 30.8. The van der Waals surface area contributed by atoms with Crippen LogP contribution in [0.3, 0.4) is 0 Å². The molecule has 12 nitrogen and oxygen atoms in total. The Bertz CT molecular complexity index is 1210. The average molecular weight is 1010 g/mol. The molecule has 412 valence electrons. The minimum Gasteiger partial charge on any atom is -0.457 e. The zero-order chi connectivity index (χ0) is 50.3. The SMILES string of the molecule is CCCCCCCCCCCCCCCCCCCCCCCCCCCC(=O)OC(COCCCCCCCCCCCCCCCCCCC)COC1OC(CO)C(O)C(OS(=O)(=O)O)C1O. The molecule has 1 aliphatic heterocycles. The molecule has 0 saturated carbocycles. The highest BCUT2D eigenvalue weighted by Crippen LogP contribution is 2.26. The fourth-order valence-electron chi connectivity index (χ4n) is 9.56. The standard InChI is InChI=1S/C56H110O12S/c1-3-5-7-9-11-13-15-17-19-21-22-23-24-25-26-27-28-29-31-33-35-37-39-41-43-45-52(58)66-50(49-65-56-54(60)55(68-69(61,62)63)53(59)51(47-57)67-56)48-64-46-44-42-40-38-36-34-32-30-20-18-16-14-12-10-8-6-4-2/h50-51,53-57,59-60H,3-49H2,1-2H3,(H,61,62,63). The van der Waals surface area contributed by atoms with Crippen LogP contribution in [0.5, 0.6) is 0 Å². The van der Waals surface area contributed by atoms with Crippen molar-refractivity contribution in [2.75, 3.05) is 26.4 Å². The van der Waals surface area contributed by atoms with E-state index in [2.05, 4.69) is 18.0 Å². The van der Waals surface area contributed by atoms with Gasteiger partial charge < -0.3 is 34.3 Å². The largest absolute Gasteiger partial charge is 0.457 e. The van der Waals surface area contributed by atoms with Crippen molar-refractivity contribution in [3.63, 3.8) is 0 Å². The van der Waals surface area contributed by atoms with Gasteiger partial charge in [0.15, 0.2) is 6.29 Å². The van der Waals surface area contributed by atoms with Crippen molar-refractivity contribution < 1.29 is 56.2 Å². The van der Waals surface area contributed by atoms with Gasteiger partial charge in [-0.3, -0.25) is 9.35 Å². The third kappa shape index (κ3) is 41.2. The molecular weight excluding hydrogens is 897 g/mol. The number of hydrogen-bond acceptors (Lipinski definition) is 11. The van der Waals surface area contributed by atoms with Gasteiger partial charge in [-0.25, -0.2) is 4.18 Å². The Morgan fingerprint density at radius 1 is 0.493 bits per heavy atom. The summed E-state index contributed by atoms with van der Waals surface area (Å²) in [5.74, 6) is -0.388. The summed E-state index contributed by atoms with van der Waals surface area (Å²) >= 11 is 0. The molecule has 0 aromatic carbocycles. The number of aliphatic hydroxyl groups is 3. The van der Waals surface area contributed by atoms with Gasteiger partial charge in [-0.15, -0.1) is 0 Å². The molecule has 0 bridgehead atoms. The lowest BCUT2D eigenvalue weighted by Gasteiger charge is -2.41. The lowest BCUT2D eigenvalue weighted by Crippen LogP contribution is -2.60. The first-order valence-electron chi connectivity index (χ1n) is 29.3. The molecule has 0 aromatic heterocycles. The molecule has 1 aliphatic rings. The number of carbonyl (C=O) groups excluding carboxylic acids is 1. The van der Waals surface area contributed by atoms with E-state index in [-0.39, 0.29) is 25.6 Å². The van der Waals surface area contributed by atoms with Crippen molar-refractivity contribution in [3.8, 4) is 0 Å². The zero-order valence-corrected chi connectivity index (χ0v) is 45.5. The number of rotatable bonds is 53. The van der Waals surface area contributed by atoms with Crippen molar-refractivity contribution in [3.05, 3.63) is 0 Å². The molecule has 6 atom stereocenters. The van der Waals surface area contributed by atoms with Crippen molar-refractivity contribution >= 4 is 16.4 Å². The number of aliphatic hydroxyl groups excluding tert-OH is 3. The first-order chi connectivity index (χ1) is 33.6. The molecule has 1 heterocycles. The van der Waals surface area contributed by atoms with E-state index in [0.717, 1.165) is 38.5 Å². The van der Waals surface area contributed by atoms with Crippen molar-refractivity contribution in [2.45, 2.75) is 327 Å². The molecule has 0 spiro atoms. The van der Waals surface area contributed by atoms with Crippen molar-refractivity contribution in [2.24, 2.45) is 0 Å². The predicted molar refractivity (Wildman–Crippen MR) is 281 cm³/mol. The Balaban J connectivity index is 2.25. The Hall–Kier alpha value is -0.900. The minimum absolute atomic E-state index is 0.0455. The molecule has 4 N–H and O–H groups in total. The van der Waals surface area contributed by atoms with Crippen LogP contribution in [-0.2, 0) is 38.3 Å². The molecule has 0 aromatic rings. The first kappa shape index (κ1) is 66.1. The number of ether oxygens (including phenoxy) is 4. The summed E-state index contributed by atoms with van der Waals surface area (Å²) in [5.41, 5.74) is 0. The van der Waals surface area contributed by atoms with Crippen LogP contribution in [0, 0.1) is 0 Å². The van der Waals surface area contributed by atoms with Gasteiger partial charge in [-0.2, -0.15) is 8.42 Å². The quantitative estimate of drug-likeness (QED) is 0.0258. The summed E-state index contributed by atoms with van der Waals surface area (Å²) in [7, 11) is -5.06. The molecule has 13 heteroatoms. The van der Waals surface area contributed by atoms with Gasteiger partial charge >= 0.3 is 16.4 Å². The zero-order valence-electron chi connectivity index (χ0n) is 44.7. The van der Waals surface area contributed by atoms with Gasteiger partial charge in [0.1, 0.15) is 30.5 Å². The Labute approximate surface area is 424 Å². The van der Waals surface area contributed by atoms with Crippen LogP contribution in [0.15, 0.2) is 0 Å². The number of unbranched alkanes of at least 4 members (excludes halogenated alkanes) is 40. The van der Waals surface area contributed by atoms with E-state index in [1.165, 1.54) is 225 Å². The molecule has 1 rings (SSSR count). The van der Waals surface area contributed by atoms with Crippen LogP contribution in [-0.4, -0.2) is 97.5 Å². The average Bonchev–Trinajstić information content (AvgIpc) is 3.32. The summed E-state index contributed by atoms with van der Waals surface area (Å²) < 4.78 is 59.4. The van der Waals surface area contributed by atoms with Gasteiger partial charge in [0.2, 0.25) is 0 Å². The van der Waals surface area contributed by atoms with E-state index in [1.807, 2.05) is 0 Å². The third-order valence-corrected chi connectivity index (χ3v) is 14.4. The summed E-state index contributed by atoms with van der Waals surface area (Å²) in [4.78, 5) is 13.0. The summed E-state index contributed by atoms with van der Waals surface area (Å²) in [6.45, 7) is 4.08. The lowest BCUT2D eigenvalue weighted by molar-refractivity contribution is -0.301. The molecule has 0 aliphatic carbocycles. The number of carbonyl (C=O) groups is 1. The van der Waals surface area contributed by atoms with E-state index in [0.29, 0.717) is 13.0 Å². The van der Waals surface area contributed by atoms with Gasteiger partial charge in [-0.1, -0.05) is 271 Å². The van der Waals surface area contributed by atoms with Crippen LogP contribution >= 0.6 is 0 Å². The fourth-order valence-corrected chi connectivity index (χ4v) is 10.1. The van der Waals surface area contributed by atoms with Gasteiger partial charge in [-0.05, 0) is 12.8 Å². The van der Waals surface area contributed by atoms with E-state index in [1.54, 1.807) is 0 Å². The maximum absolute atomic E-state index is 13.0. The Morgan fingerprint density at radius 2 is 0.826 bits per heavy atom. The molecular formula is C56H110O12S. The normalized spacial score (nSPS) is 19.1. The first-order valence-corrected chi connectivity index (χ1v) is 30.7.